The maximum Gasteiger partial charge on any atom is 0.423 e. The summed E-state index contributed by atoms with van der Waals surface area (Å²) in [4.78, 5) is 9.41. The number of carbonyl (C=O) groups excluding carboxylic acids is 1. The number of hydrogen-bond acceptors (Lipinski definition) is 3. The standard InChI is InChI=1S/C4H5O3S/c1-2-4(8-6)7-3-5/h2H2,1H3. The minimum absolute atomic E-state index is 0.153. The molecule has 0 N–H and O–H groups in total. The summed E-state index contributed by atoms with van der Waals surface area (Å²) in [7, 11) is 0. The molecule has 0 fully saturated rings. The molecule has 4 heteroatoms. The summed E-state index contributed by atoms with van der Waals surface area (Å²) in [6.45, 7) is 2.88. The summed E-state index contributed by atoms with van der Waals surface area (Å²) in [5, 5.41) is 0.153. The zero-order valence-electron chi connectivity index (χ0n) is 4.34. The van der Waals surface area contributed by atoms with E-state index in [1.54, 1.807) is 6.92 Å². The lowest BCUT2D eigenvalue weighted by molar-refractivity contribution is 0.437. The Labute approximate surface area is 50.7 Å². The Morgan fingerprint density at radius 1 is 1.88 bits per heavy atom. The number of ether oxygens (including phenoxy) is 1. The minimum Gasteiger partial charge on any atom is -0.408 e. The van der Waals surface area contributed by atoms with Crippen LogP contribution in [0.5, 0.6) is 0 Å². The Kier molecular flexibility index (Phi) is 4.16. The monoisotopic (exact) mass is 133 g/mol. The molecule has 0 aliphatic rings. The molecule has 0 aromatic heterocycles. The van der Waals surface area contributed by atoms with Gasteiger partial charge in [0.2, 0.25) is 0 Å². The lowest BCUT2D eigenvalue weighted by Gasteiger charge is -1.87. The fraction of sp³-hybridized carbons (Fsp3) is 0.500. The first-order valence-electron chi connectivity index (χ1n) is 2.04. The first-order valence-corrected chi connectivity index (χ1v) is 2.79. The van der Waals surface area contributed by atoms with Gasteiger partial charge in [-0.3, -0.25) is 0 Å². The molecule has 1 radical (unpaired) electrons. The predicted octanol–water partition coefficient (Wildman–Crippen LogP) is -0.177. The highest BCUT2D eigenvalue weighted by Crippen LogP contribution is 1.79. The molecule has 0 unspecified atom stereocenters. The highest BCUT2D eigenvalue weighted by molar-refractivity contribution is 7.66. The molecule has 0 saturated heterocycles. The molecule has 0 atom stereocenters. The van der Waals surface area contributed by atoms with Gasteiger partial charge in [0.05, 0.1) is 0 Å². The lowest BCUT2D eigenvalue weighted by atomic mass is 10.5. The van der Waals surface area contributed by atoms with Crippen LogP contribution in [0, 0.1) is 0 Å². The Morgan fingerprint density at radius 3 is 2.62 bits per heavy atom. The SMILES string of the molecule is CCC(O[C]=O)=S=O. The second kappa shape index (κ2) is 4.52. The van der Waals surface area contributed by atoms with Gasteiger partial charge in [-0.2, -0.15) is 0 Å². The molecule has 0 amide bonds. The molecular weight excluding hydrogens is 128 g/mol. The summed E-state index contributed by atoms with van der Waals surface area (Å²) < 4.78 is 13.9. The third kappa shape index (κ3) is 2.52. The highest BCUT2D eigenvalue weighted by Gasteiger charge is 1.91. The van der Waals surface area contributed by atoms with Crippen molar-refractivity contribution in [3.8, 4) is 0 Å². The van der Waals surface area contributed by atoms with Gasteiger partial charge in [-0.25, -0.2) is 9.00 Å². The molecule has 0 spiro atoms. The average molecular weight is 133 g/mol. The van der Waals surface area contributed by atoms with Crippen molar-refractivity contribution in [3.05, 3.63) is 0 Å². The first-order chi connectivity index (χ1) is 3.85. The van der Waals surface area contributed by atoms with Crippen molar-refractivity contribution < 1.29 is 13.7 Å². The van der Waals surface area contributed by atoms with Crippen LogP contribution in [0.3, 0.4) is 0 Å². The van der Waals surface area contributed by atoms with Crippen molar-refractivity contribution in [1.29, 1.82) is 0 Å². The van der Waals surface area contributed by atoms with E-state index < -0.39 is 0 Å². The van der Waals surface area contributed by atoms with Gasteiger partial charge in [0.25, 0.3) is 0 Å². The van der Waals surface area contributed by atoms with Crippen LogP contribution in [-0.2, 0) is 20.8 Å². The number of rotatable bonds is 2. The second-order valence-electron chi connectivity index (χ2n) is 0.994. The normalized spacial score (nSPS) is 7.62. The van der Waals surface area contributed by atoms with E-state index in [0.717, 1.165) is 6.47 Å². The van der Waals surface area contributed by atoms with Gasteiger partial charge in [-0.15, -0.1) is 0 Å². The van der Waals surface area contributed by atoms with E-state index in [4.69, 9.17) is 0 Å². The van der Waals surface area contributed by atoms with E-state index in [0.29, 0.717) is 6.42 Å². The molecule has 0 saturated carbocycles. The fourth-order valence-electron chi connectivity index (χ4n) is 0.195. The van der Waals surface area contributed by atoms with Crippen molar-refractivity contribution in [1.82, 2.24) is 0 Å². The Morgan fingerprint density at radius 2 is 2.50 bits per heavy atom. The molecule has 45 valence electrons. The van der Waals surface area contributed by atoms with Crippen LogP contribution in [0.1, 0.15) is 13.3 Å². The molecule has 0 bridgehead atoms. The van der Waals surface area contributed by atoms with Gasteiger partial charge in [0.1, 0.15) is 11.3 Å². The minimum atomic E-state index is 0.153. The quantitative estimate of drug-likeness (QED) is 0.491. The van der Waals surface area contributed by atoms with Crippen LogP contribution < -0.4 is 0 Å². The van der Waals surface area contributed by atoms with Crippen LogP contribution in [0.15, 0.2) is 0 Å². The van der Waals surface area contributed by atoms with Crippen LogP contribution in [-0.4, -0.2) is 15.7 Å². The summed E-state index contributed by atoms with van der Waals surface area (Å²) in [5.74, 6) is 0. The van der Waals surface area contributed by atoms with E-state index in [-0.39, 0.29) is 16.3 Å². The number of hydrogen-bond donors (Lipinski definition) is 0. The predicted molar refractivity (Wildman–Crippen MR) is 30.2 cm³/mol. The van der Waals surface area contributed by atoms with E-state index in [1.807, 2.05) is 0 Å². The molecule has 8 heavy (non-hydrogen) atoms. The van der Waals surface area contributed by atoms with Gasteiger partial charge in [-0.1, -0.05) is 6.92 Å². The molecule has 0 aromatic rings. The summed E-state index contributed by atoms with van der Waals surface area (Å²) >= 11 is 0.176. The van der Waals surface area contributed by atoms with Gasteiger partial charge in [0, 0.05) is 6.42 Å². The van der Waals surface area contributed by atoms with E-state index in [1.165, 1.54) is 0 Å². The van der Waals surface area contributed by atoms with Crippen molar-refractivity contribution in [2.45, 2.75) is 13.3 Å². The summed E-state index contributed by atoms with van der Waals surface area (Å²) in [6, 6.07) is 0. The van der Waals surface area contributed by atoms with Crippen molar-refractivity contribution in [3.63, 3.8) is 0 Å². The Hall–Kier alpha value is -0.640. The smallest absolute Gasteiger partial charge is 0.408 e. The van der Waals surface area contributed by atoms with Crippen molar-refractivity contribution in [2.24, 2.45) is 0 Å². The maximum atomic E-state index is 9.83. The summed E-state index contributed by atoms with van der Waals surface area (Å²) in [6.07, 6.45) is 0.448. The Balaban J connectivity index is 3.72. The van der Waals surface area contributed by atoms with Crippen LogP contribution in [0.25, 0.3) is 0 Å². The maximum absolute atomic E-state index is 9.83. The van der Waals surface area contributed by atoms with Gasteiger partial charge in [0.15, 0.2) is 5.05 Å². The molecular formula is C4H5O3S. The highest BCUT2D eigenvalue weighted by atomic mass is 32.1. The molecule has 0 aromatic carbocycles. The van der Waals surface area contributed by atoms with Crippen molar-refractivity contribution >= 4 is 22.8 Å². The fourth-order valence-corrected chi connectivity index (χ4v) is 0.380. The third-order valence-electron chi connectivity index (χ3n) is 0.537. The molecule has 0 aliphatic heterocycles. The van der Waals surface area contributed by atoms with E-state index in [9.17, 15) is 9.00 Å². The Bertz CT molecular complexity index is 125. The largest absolute Gasteiger partial charge is 0.423 e. The molecule has 0 rings (SSSR count). The summed E-state index contributed by atoms with van der Waals surface area (Å²) in [5.41, 5.74) is 0. The van der Waals surface area contributed by atoms with E-state index in [2.05, 4.69) is 4.74 Å². The zero-order valence-corrected chi connectivity index (χ0v) is 5.16. The van der Waals surface area contributed by atoms with Crippen LogP contribution >= 0.6 is 0 Å². The average Bonchev–Trinajstić information content (AvgIpc) is 1.83. The van der Waals surface area contributed by atoms with Crippen molar-refractivity contribution in [2.75, 3.05) is 0 Å². The topological polar surface area (TPSA) is 43.4 Å². The van der Waals surface area contributed by atoms with E-state index >= 15 is 0 Å². The molecule has 0 aliphatic carbocycles. The second-order valence-corrected chi connectivity index (χ2v) is 1.62. The van der Waals surface area contributed by atoms with Gasteiger partial charge < -0.3 is 4.74 Å². The molecule has 3 nitrogen and oxygen atoms in total. The zero-order chi connectivity index (χ0) is 6.41. The van der Waals surface area contributed by atoms with Gasteiger partial charge in [-0.05, 0) is 0 Å². The van der Waals surface area contributed by atoms with Crippen LogP contribution in [0.4, 0.5) is 0 Å². The first kappa shape index (κ1) is 7.36. The third-order valence-corrected chi connectivity index (χ3v) is 1.10. The molecule has 0 heterocycles. The lowest BCUT2D eigenvalue weighted by Crippen LogP contribution is -1.99. The van der Waals surface area contributed by atoms with Crippen LogP contribution in [0.2, 0.25) is 0 Å². The van der Waals surface area contributed by atoms with Gasteiger partial charge >= 0.3 is 6.47 Å².